The number of nitrogens with zero attached hydrogens (tertiary/aromatic N) is 1. The van der Waals surface area contributed by atoms with Crippen LogP contribution in [-0.2, 0) is 9.59 Å². The molecule has 0 aliphatic heterocycles. The number of carbonyl (C=O) groups is 2. The van der Waals surface area contributed by atoms with Gasteiger partial charge >= 0.3 is 0 Å². The largest absolute Gasteiger partial charge is 0.497 e. The van der Waals surface area contributed by atoms with Gasteiger partial charge in [0.15, 0.2) is 6.61 Å². The summed E-state index contributed by atoms with van der Waals surface area (Å²) in [6, 6.07) is 22.5. The number of carbonyl (C=O) groups excluding carboxylic acids is 2. The van der Waals surface area contributed by atoms with Gasteiger partial charge in [0.2, 0.25) is 0 Å². The molecule has 0 aliphatic carbocycles. The number of benzene rings is 3. The van der Waals surface area contributed by atoms with Crippen LogP contribution in [0.4, 0.5) is 11.4 Å². The molecule has 3 aromatic carbocycles. The van der Waals surface area contributed by atoms with E-state index in [-0.39, 0.29) is 18.1 Å². The Bertz CT molecular complexity index is 1230. The Morgan fingerprint density at radius 1 is 0.886 bits per heavy atom. The van der Waals surface area contributed by atoms with Gasteiger partial charge in [0, 0.05) is 11.4 Å². The Hall–Kier alpha value is -4.77. The molecular formula is C27H25N3O5. The number of nitriles is 1. The molecule has 0 saturated heterocycles. The summed E-state index contributed by atoms with van der Waals surface area (Å²) in [4.78, 5) is 24.7. The average molecular weight is 472 g/mol. The van der Waals surface area contributed by atoms with E-state index in [2.05, 4.69) is 10.6 Å². The van der Waals surface area contributed by atoms with Crippen LogP contribution >= 0.6 is 0 Å². The van der Waals surface area contributed by atoms with E-state index >= 15 is 0 Å². The second kappa shape index (κ2) is 12.5. The van der Waals surface area contributed by atoms with Gasteiger partial charge in [-0.3, -0.25) is 9.59 Å². The van der Waals surface area contributed by atoms with Gasteiger partial charge in [0.05, 0.1) is 13.7 Å². The molecule has 3 rings (SSSR count). The molecule has 8 heteroatoms. The van der Waals surface area contributed by atoms with Crippen LogP contribution < -0.4 is 24.8 Å². The molecule has 0 saturated carbocycles. The number of methoxy groups -OCH3 is 1. The van der Waals surface area contributed by atoms with Crippen molar-refractivity contribution in [1.82, 2.24) is 0 Å². The third kappa shape index (κ3) is 7.65. The Morgan fingerprint density at radius 3 is 2.17 bits per heavy atom. The van der Waals surface area contributed by atoms with E-state index in [1.54, 1.807) is 79.9 Å². The minimum Gasteiger partial charge on any atom is -0.497 e. The molecule has 8 nitrogen and oxygen atoms in total. The summed E-state index contributed by atoms with van der Waals surface area (Å²) in [6.07, 6.45) is 1.45. The van der Waals surface area contributed by atoms with Crippen molar-refractivity contribution in [3.05, 3.63) is 83.9 Å². The lowest BCUT2D eigenvalue weighted by atomic mass is 10.1. The van der Waals surface area contributed by atoms with Crippen molar-refractivity contribution in [1.29, 1.82) is 5.26 Å². The maximum Gasteiger partial charge on any atom is 0.266 e. The number of ether oxygens (including phenoxy) is 3. The number of hydrogen-bond donors (Lipinski definition) is 2. The quantitative estimate of drug-likeness (QED) is 0.329. The minimum atomic E-state index is -0.540. The van der Waals surface area contributed by atoms with Crippen LogP contribution in [0.5, 0.6) is 17.2 Å². The van der Waals surface area contributed by atoms with Gasteiger partial charge in [-0.2, -0.15) is 5.26 Å². The monoisotopic (exact) mass is 471 g/mol. The maximum atomic E-state index is 12.5. The standard InChI is InChI=1S/C27H25N3O5/c1-3-34-24-13-9-22(10-14-24)30-27(32)20(17-28)15-19-5-4-6-25(16-19)35-18-26(31)29-21-7-11-23(33-2)12-8-21/h4-16H,3,18H2,1-2H3,(H,29,31)(H,30,32). The van der Waals surface area contributed by atoms with E-state index in [9.17, 15) is 14.9 Å². The summed E-state index contributed by atoms with van der Waals surface area (Å²) in [6.45, 7) is 2.22. The Morgan fingerprint density at radius 2 is 1.54 bits per heavy atom. The summed E-state index contributed by atoms with van der Waals surface area (Å²) in [5.41, 5.74) is 1.66. The molecule has 0 radical (unpaired) electrons. The van der Waals surface area contributed by atoms with Crippen LogP contribution in [0, 0.1) is 11.3 Å². The van der Waals surface area contributed by atoms with Gasteiger partial charge in [-0.15, -0.1) is 0 Å². The molecule has 35 heavy (non-hydrogen) atoms. The zero-order valence-electron chi connectivity index (χ0n) is 19.4. The van der Waals surface area contributed by atoms with Gasteiger partial charge in [-0.05, 0) is 79.2 Å². The molecule has 0 aliphatic rings. The number of nitrogens with one attached hydrogen (secondary N) is 2. The molecule has 2 amide bonds. The molecule has 0 aromatic heterocycles. The van der Waals surface area contributed by atoms with Crippen molar-refractivity contribution in [2.45, 2.75) is 6.92 Å². The Balaban J connectivity index is 1.59. The SMILES string of the molecule is CCOc1ccc(NC(=O)C(C#N)=Cc2cccc(OCC(=O)Nc3ccc(OC)cc3)c2)cc1. The van der Waals surface area contributed by atoms with Gasteiger partial charge in [-0.1, -0.05) is 12.1 Å². The first kappa shape index (κ1) is 24.9. The molecular weight excluding hydrogens is 446 g/mol. The predicted molar refractivity (Wildman–Crippen MR) is 133 cm³/mol. The molecule has 0 spiro atoms. The summed E-state index contributed by atoms with van der Waals surface area (Å²) in [5.74, 6) is 0.934. The zero-order chi connectivity index (χ0) is 25.0. The number of anilines is 2. The Kier molecular flexibility index (Phi) is 8.85. The highest BCUT2D eigenvalue weighted by molar-refractivity contribution is 6.09. The van der Waals surface area contributed by atoms with Crippen molar-refractivity contribution in [3.8, 4) is 23.3 Å². The third-order valence-electron chi connectivity index (χ3n) is 4.70. The van der Waals surface area contributed by atoms with Crippen molar-refractivity contribution in [3.63, 3.8) is 0 Å². The third-order valence-corrected chi connectivity index (χ3v) is 4.70. The molecule has 0 atom stereocenters. The van der Waals surface area contributed by atoms with E-state index < -0.39 is 5.91 Å². The van der Waals surface area contributed by atoms with Crippen LogP contribution in [0.25, 0.3) is 6.08 Å². The van der Waals surface area contributed by atoms with Crippen molar-refractivity contribution in [2.75, 3.05) is 31.0 Å². The smallest absolute Gasteiger partial charge is 0.266 e. The summed E-state index contributed by atoms with van der Waals surface area (Å²) in [7, 11) is 1.57. The molecule has 2 N–H and O–H groups in total. The Labute approximate surface area is 203 Å². The molecule has 0 fully saturated rings. The van der Waals surface area contributed by atoms with Crippen molar-refractivity contribution >= 4 is 29.3 Å². The fourth-order valence-corrected chi connectivity index (χ4v) is 3.03. The fraction of sp³-hybridized carbons (Fsp3) is 0.148. The van der Waals surface area contributed by atoms with Crippen LogP contribution in [-0.4, -0.2) is 32.1 Å². The molecule has 0 bridgehead atoms. The van der Waals surface area contributed by atoms with E-state index in [1.165, 1.54) is 6.08 Å². The first-order valence-corrected chi connectivity index (χ1v) is 10.8. The summed E-state index contributed by atoms with van der Waals surface area (Å²) < 4.78 is 16.0. The zero-order valence-corrected chi connectivity index (χ0v) is 19.4. The lowest BCUT2D eigenvalue weighted by Crippen LogP contribution is -2.20. The van der Waals surface area contributed by atoms with Gasteiger partial charge in [0.1, 0.15) is 28.9 Å². The first-order valence-electron chi connectivity index (χ1n) is 10.8. The van der Waals surface area contributed by atoms with Crippen molar-refractivity contribution in [2.24, 2.45) is 0 Å². The highest BCUT2D eigenvalue weighted by Crippen LogP contribution is 2.19. The van der Waals surface area contributed by atoms with Gasteiger partial charge in [0.25, 0.3) is 11.8 Å². The lowest BCUT2D eigenvalue weighted by molar-refractivity contribution is -0.118. The van der Waals surface area contributed by atoms with E-state index in [1.807, 2.05) is 13.0 Å². The first-order chi connectivity index (χ1) is 17.0. The second-order valence-corrected chi connectivity index (χ2v) is 7.22. The van der Waals surface area contributed by atoms with E-state index in [0.717, 1.165) is 0 Å². The van der Waals surface area contributed by atoms with Gasteiger partial charge < -0.3 is 24.8 Å². The molecule has 3 aromatic rings. The summed E-state index contributed by atoms with van der Waals surface area (Å²) >= 11 is 0. The van der Waals surface area contributed by atoms with Gasteiger partial charge in [-0.25, -0.2) is 0 Å². The fourth-order valence-electron chi connectivity index (χ4n) is 3.03. The predicted octanol–water partition coefficient (Wildman–Crippen LogP) is 4.66. The lowest BCUT2D eigenvalue weighted by Gasteiger charge is -2.09. The highest BCUT2D eigenvalue weighted by atomic mass is 16.5. The maximum absolute atomic E-state index is 12.5. The van der Waals surface area contributed by atoms with E-state index in [4.69, 9.17) is 14.2 Å². The van der Waals surface area contributed by atoms with Crippen molar-refractivity contribution < 1.29 is 23.8 Å². The molecule has 0 unspecified atom stereocenters. The van der Waals surface area contributed by atoms with Crippen LogP contribution in [0.1, 0.15) is 12.5 Å². The average Bonchev–Trinajstić information content (AvgIpc) is 2.88. The summed E-state index contributed by atoms with van der Waals surface area (Å²) in [5, 5.41) is 14.9. The number of amides is 2. The number of rotatable bonds is 10. The highest BCUT2D eigenvalue weighted by Gasteiger charge is 2.10. The molecule has 0 heterocycles. The normalized spacial score (nSPS) is 10.6. The molecule has 178 valence electrons. The van der Waals surface area contributed by atoms with Crippen LogP contribution in [0.2, 0.25) is 0 Å². The van der Waals surface area contributed by atoms with Crippen LogP contribution in [0.3, 0.4) is 0 Å². The van der Waals surface area contributed by atoms with E-state index in [0.29, 0.717) is 40.8 Å². The second-order valence-electron chi connectivity index (χ2n) is 7.22. The van der Waals surface area contributed by atoms with Crippen LogP contribution in [0.15, 0.2) is 78.4 Å². The minimum absolute atomic E-state index is 0.0757. The topological polar surface area (TPSA) is 110 Å². The number of hydrogen-bond acceptors (Lipinski definition) is 6.